The lowest BCUT2D eigenvalue weighted by Gasteiger charge is -2.36. The first kappa shape index (κ1) is 44.3. The molecule has 0 radical (unpaired) electrons. The molecule has 0 fully saturated rings. The van der Waals surface area contributed by atoms with Gasteiger partial charge < -0.3 is 4.90 Å². The van der Waals surface area contributed by atoms with Crippen molar-refractivity contribution in [1.82, 2.24) is 0 Å². The van der Waals surface area contributed by atoms with Gasteiger partial charge in [-0.05, 0) is 136 Å². The maximum atomic E-state index is 2.52. The smallest absolute Gasteiger partial charge is 0.0714 e. The van der Waals surface area contributed by atoms with Gasteiger partial charge in [0.15, 0.2) is 0 Å². The highest BCUT2D eigenvalue weighted by molar-refractivity contribution is 5.92. The van der Waals surface area contributed by atoms with Gasteiger partial charge in [0, 0.05) is 17.1 Å². The number of anilines is 3. The molecule has 2 aliphatic carbocycles. The SMILES string of the molecule is CC(C)(C)c1ccc(C2(c3ccccc3)c3ccccc3-c3ccc(N(c4ccccc4)c4ccc5c(c4)C(c4ccccc4)(c4ccc(C(C)(C)C)cc4)c4cc(C(C)(C)C)ccc4-5)cc32)cc1. The Morgan fingerprint density at radius 3 is 1.04 bits per heavy atom. The molecule has 2 unspecified atom stereocenters. The van der Waals surface area contributed by atoms with Crippen LogP contribution in [0.3, 0.4) is 0 Å². The second-order valence-electron chi connectivity index (χ2n) is 22.6. The summed E-state index contributed by atoms with van der Waals surface area (Å²) in [5.74, 6) is 0. The lowest BCUT2D eigenvalue weighted by molar-refractivity contribution is 0.586. The van der Waals surface area contributed by atoms with Crippen molar-refractivity contribution in [3.8, 4) is 22.3 Å². The molecule has 9 aromatic rings. The maximum Gasteiger partial charge on any atom is 0.0714 e. The first-order valence-electron chi connectivity index (χ1n) is 24.8. The predicted molar refractivity (Wildman–Crippen MR) is 292 cm³/mol. The Morgan fingerprint density at radius 2 is 0.594 bits per heavy atom. The zero-order valence-corrected chi connectivity index (χ0v) is 41.7. The highest BCUT2D eigenvalue weighted by Gasteiger charge is 2.49. The van der Waals surface area contributed by atoms with E-state index >= 15 is 0 Å². The zero-order chi connectivity index (χ0) is 47.9. The molecule has 0 aromatic heterocycles. The molecular formula is C68H63N. The molecule has 2 atom stereocenters. The number of benzene rings is 9. The quantitative estimate of drug-likeness (QED) is 0.154. The standard InChI is InChI=1S/C68H63N/c1-64(2,3)46-29-33-50(34-30-46)67(48-21-13-10-14-22-48)60-28-20-19-27-56(60)58-41-38-54(44-62(58)67)69(53-25-17-12-18-26-53)55-39-42-59-57-40-37-52(66(7,8)9)43-61(57)68(63(59)45-55,49-23-15-11-16-24-49)51-35-31-47(32-36-51)65(4,5)6/h10-45H,1-9H3. The summed E-state index contributed by atoms with van der Waals surface area (Å²) in [6.07, 6.45) is 0. The molecule has 0 heterocycles. The summed E-state index contributed by atoms with van der Waals surface area (Å²) >= 11 is 0. The molecule has 1 heteroatoms. The second-order valence-corrected chi connectivity index (χ2v) is 22.6. The van der Waals surface area contributed by atoms with E-state index < -0.39 is 10.8 Å². The number of fused-ring (bicyclic) bond motifs is 6. The van der Waals surface area contributed by atoms with E-state index in [1.807, 2.05) is 0 Å². The summed E-state index contributed by atoms with van der Waals surface area (Å²) in [5, 5.41) is 0. The van der Waals surface area contributed by atoms with Crippen LogP contribution in [0.4, 0.5) is 17.1 Å². The molecular weight excluding hydrogens is 831 g/mol. The fourth-order valence-corrected chi connectivity index (χ4v) is 11.7. The van der Waals surface area contributed by atoms with Crippen molar-refractivity contribution in [2.24, 2.45) is 0 Å². The summed E-state index contributed by atoms with van der Waals surface area (Å²) in [4.78, 5) is 2.49. The molecule has 0 spiro atoms. The van der Waals surface area contributed by atoms with E-state index in [-0.39, 0.29) is 16.2 Å². The van der Waals surface area contributed by atoms with Gasteiger partial charge in [0.25, 0.3) is 0 Å². The molecule has 0 bridgehead atoms. The molecule has 69 heavy (non-hydrogen) atoms. The monoisotopic (exact) mass is 893 g/mol. The molecule has 2 aliphatic rings. The summed E-state index contributed by atoms with van der Waals surface area (Å²) in [5.41, 5.74) is 21.7. The van der Waals surface area contributed by atoms with Crippen LogP contribution in [0.15, 0.2) is 218 Å². The van der Waals surface area contributed by atoms with Crippen LogP contribution in [0.1, 0.15) is 124 Å². The number of hydrogen-bond acceptors (Lipinski definition) is 1. The topological polar surface area (TPSA) is 3.24 Å². The van der Waals surface area contributed by atoms with Crippen molar-refractivity contribution in [3.05, 3.63) is 280 Å². The van der Waals surface area contributed by atoms with Gasteiger partial charge in [-0.3, -0.25) is 0 Å². The molecule has 0 N–H and O–H groups in total. The maximum absolute atomic E-state index is 2.52. The third-order valence-electron chi connectivity index (χ3n) is 15.3. The van der Waals surface area contributed by atoms with Crippen LogP contribution in [-0.4, -0.2) is 0 Å². The van der Waals surface area contributed by atoms with E-state index in [0.717, 1.165) is 17.1 Å². The van der Waals surface area contributed by atoms with Crippen molar-refractivity contribution in [1.29, 1.82) is 0 Å². The van der Waals surface area contributed by atoms with Crippen molar-refractivity contribution in [2.45, 2.75) is 89.4 Å². The third-order valence-corrected chi connectivity index (χ3v) is 15.3. The highest BCUT2D eigenvalue weighted by atomic mass is 15.1. The van der Waals surface area contributed by atoms with Crippen molar-refractivity contribution in [2.75, 3.05) is 4.90 Å². The molecule has 9 aromatic carbocycles. The number of para-hydroxylation sites is 1. The Balaban J connectivity index is 1.18. The molecule has 0 amide bonds. The lowest BCUT2D eigenvalue weighted by atomic mass is 9.66. The van der Waals surface area contributed by atoms with Crippen LogP contribution >= 0.6 is 0 Å². The highest BCUT2D eigenvalue weighted by Crippen LogP contribution is 2.60. The number of hydrogen-bond donors (Lipinski definition) is 0. The first-order chi connectivity index (χ1) is 33.1. The van der Waals surface area contributed by atoms with Crippen molar-refractivity contribution >= 4 is 17.1 Å². The van der Waals surface area contributed by atoms with Crippen LogP contribution in [0.2, 0.25) is 0 Å². The van der Waals surface area contributed by atoms with Gasteiger partial charge >= 0.3 is 0 Å². The minimum Gasteiger partial charge on any atom is -0.310 e. The van der Waals surface area contributed by atoms with Crippen LogP contribution in [-0.2, 0) is 27.1 Å². The zero-order valence-electron chi connectivity index (χ0n) is 41.7. The van der Waals surface area contributed by atoms with Gasteiger partial charge in [-0.25, -0.2) is 0 Å². The van der Waals surface area contributed by atoms with Gasteiger partial charge in [-0.15, -0.1) is 0 Å². The van der Waals surface area contributed by atoms with Gasteiger partial charge in [-0.2, -0.15) is 0 Å². The normalized spacial score (nSPS) is 17.2. The van der Waals surface area contributed by atoms with Crippen molar-refractivity contribution < 1.29 is 0 Å². The van der Waals surface area contributed by atoms with Gasteiger partial charge in [-0.1, -0.05) is 244 Å². The summed E-state index contributed by atoms with van der Waals surface area (Å²) in [6.45, 7) is 20.8. The van der Waals surface area contributed by atoms with E-state index in [1.165, 1.54) is 83.5 Å². The fraction of sp³-hybridized carbons (Fsp3) is 0.206. The average molecular weight is 894 g/mol. The van der Waals surface area contributed by atoms with Crippen LogP contribution < -0.4 is 4.90 Å². The number of rotatable bonds is 7. The Labute approximate surface area is 411 Å². The van der Waals surface area contributed by atoms with E-state index in [9.17, 15) is 0 Å². The van der Waals surface area contributed by atoms with Crippen LogP contribution in [0.25, 0.3) is 22.3 Å². The van der Waals surface area contributed by atoms with Crippen LogP contribution in [0, 0.1) is 0 Å². The lowest BCUT2D eigenvalue weighted by Crippen LogP contribution is -2.30. The Hall–Kier alpha value is -7.22. The summed E-state index contributed by atoms with van der Waals surface area (Å²) < 4.78 is 0. The minimum absolute atomic E-state index is 0.0257. The third kappa shape index (κ3) is 7.03. The first-order valence-corrected chi connectivity index (χ1v) is 24.8. The fourth-order valence-electron chi connectivity index (χ4n) is 11.7. The summed E-state index contributed by atoms with van der Waals surface area (Å²) in [6, 6.07) is 83.3. The largest absolute Gasteiger partial charge is 0.310 e. The van der Waals surface area contributed by atoms with Gasteiger partial charge in [0.2, 0.25) is 0 Å². The molecule has 0 aliphatic heterocycles. The van der Waals surface area contributed by atoms with Gasteiger partial charge in [0.05, 0.1) is 10.8 Å². The minimum atomic E-state index is -0.580. The molecule has 0 saturated heterocycles. The van der Waals surface area contributed by atoms with E-state index in [0.29, 0.717) is 0 Å². The van der Waals surface area contributed by atoms with Crippen LogP contribution in [0.5, 0.6) is 0 Å². The molecule has 11 rings (SSSR count). The Morgan fingerprint density at radius 1 is 0.261 bits per heavy atom. The van der Waals surface area contributed by atoms with Gasteiger partial charge in [0.1, 0.15) is 0 Å². The van der Waals surface area contributed by atoms with E-state index in [1.54, 1.807) is 0 Å². The summed E-state index contributed by atoms with van der Waals surface area (Å²) in [7, 11) is 0. The van der Waals surface area contributed by atoms with E-state index in [4.69, 9.17) is 0 Å². The number of nitrogens with zero attached hydrogens (tertiary/aromatic N) is 1. The predicted octanol–water partition coefficient (Wildman–Crippen LogP) is 17.8. The Kier molecular flexibility index (Phi) is 10.4. The van der Waals surface area contributed by atoms with Crippen molar-refractivity contribution in [3.63, 3.8) is 0 Å². The Bertz CT molecular complexity index is 3340. The molecule has 1 nitrogen and oxygen atoms in total. The second kappa shape index (κ2) is 16.2. The average Bonchev–Trinajstić information content (AvgIpc) is 3.82. The molecule has 0 saturated carbocycles. The van der Waals surface area contributed by atoms with E-state index in [2.05, 4.69) is 286 Å². The molecule has 340 valence electrons.